The molecular formula is C12H14N4O2S2. The summed E-state index contributed by atoms with van der Waals surface area (Å²) in [5, 5.41) is 0. The first-order chi connectivity index (χ1) is 9.56. The van der Waals surface area contributed by atoms with Crippen LogP contribution in [0.3, 0.4) is 0 Å². The Morgan fingerprint density at radius 1 is 1.25 bits per heavy atom. The minimum atomic E-state index is -3.68. The van der Waals surface area contributed by atoms with E-state index in [1.54, 1.807) is 12.1 Å². The first-order valence-corrected chi connectivity index (χ1v) is 8.36. The monoisotopic (exact) mass is 310 g/mol. The third-order valence-corrected chi connectivity index (χ3v) is 4.70. The number of nitrogens with one attached hydrogen (secondary N) is 2. The quantitative estimate of drug-likeness (QED) is 0.443. The van der Waals surface area contributed by atoms with Crippen molar-refractivity contribution < 1.29 is 8.42 Å². The third kappa shape index (κ3) is 3.21. The van der Waals surface area contributed by atoms with Gasteiger partial charge in [-0.2, -0.15) is 0 Å². The van der Waals surface area contributed by atoms with Crippen LogP contribution in [0.15, 0.2) is 52.4 Å². The maximum atomic E-state index is 12.3. The van der Waals surface area contributed by atoms with Crippen LogP contribution in [-0.4, -0.2) is 19.7 Å². The maximum Gasteiger partial charge on any atom is 0.262 e. The minimum Gasteiger partial charge on any atom is -0.308 e. The molecule has 1 heterocycles. The molecule has 0 aliphatic heterocycles. The van der Waals surface area contributed by atoms with Crippen LogP contribution in [0.1, 0.15) is 0 Å². The number of hydrogen-bond donors (Lipinski definition) is 3. The fourth-order valence-corrected chi connectivity index (χ4v) is 3.30. The highest BCUT2D eigenvalue weighted by Crippen LogP contribution is 2.27. The standard InChI is InChI=1S/C12H14N4O2S2/c1-19-11-5-3-2-4-10(11)16-20(17,18)9-6-7-14-12(8-9)15-13/h2-8,16H,13H2,1H3,(H,14,15). The lowest BCUT2D eigenvalue weighted by atomic mass is 10.3. The third-order valence-electron chi connectivity index (χ3n) is 2.54. The molecule has 0 aliphatic carbocycles. The lowest BCUT2D eigenvalue weighted by Crippen LogP contribution is -2.15. The van der Waals surface area contributed by atoms with E-state index in [1.807, 2.05) is 18.4 Å². The average molecular weight is 310 g/mol. The summed E-state index contributed by atoms with van der Waals surface area (Å²) >= 11 is 1.47. The summed E-state index contributed by atoms with van der Waals surface area (Å²) in [6.07, 6.45) is 3.26. The van der Waals surface area contributed by atoms with Crippen LogP contribution >= 0.6 is 11.8 Å². The van der Waals surface area contributed by atoms with Gasteiger partial charge in [0.15, 0.2) is 0 Å². The second kappa shape index (κ2) is 6.12. The number of rotatable bonds is 5. The lowest BCUT2D eigenvalue weighted by molar-refractivity contribution is 0.601. The molecule has 0 atom stereocenters. The van der Waals surface area contributed by atoms with Crippen molar-refractivity contribution in [3.05, 3.63) is 42.6 Å². The number of anilines is 2. The van der Waals surface area contributed by atoms with Crippen molar-refractivity contribution in [1.29, 1.82) is 0 Å². The Kier molecular flexibility index (Phi) is 4.48. The van der Waals surface area contributed by atoms with Crippen LogP contribution in [0.5, 0.6) is 0 Å². The number of nitrogens with two attached hydrogens (primary N) is 1. The van der Waals surface area contributed by atoms with E-state index in [4.69, 9.17) is 5.84 Å². The van der Waals surface area contributed by atoms with E-state index in [-0.39, 0.29) is 10.7 Å². The predicted octanol–water partition coefficient (Wildman–Crippen LogP) is 1.89. The molecule has 0 aliphatic rings. The molecule has 0 unspecified atom stereocenters. The number of para-hydroxylation sites is 1. The number of hydrazine groups is 1. The molecular weight excluding hydrogens is 296 g/mol. The van der Waals surface area contributed by atoms with E-state index >= 15 is 0 Å². The molecule has 4 N–H and O–H groups in total. The summed E-state index contributed by atoms with van der Waals surface area (Å²) < 4.78 is 27.2. The van der Waals surface area contributed by atoms with Crippen LogP contribution in [0.4, 0.5) is 11.5 Å². The Hall–Kier alpha value is -1.77. The molecule has 106 valence electrons. The molecule has 2 aromatic rings. The van der Waals surface area contributed by atoms with Gasteiger partial charge < -0.3 is 5.43 Å². The smallest absolute Gasteiger partial charge is 0.262 e. The molecule has 0 saturated heterocycles. The molecule has 6 nitrogen and oxygen atoms in total. The van der Waals surface area contributed by atoms with Gasteiger partial charge in [-0.05, 0) is 24.5 Å². The number of hydrogen-bond acceptors (Lipinski definition) is 6. The Morgan fingerprint density at radius 3 is 2.70 bits per heavy atom. The first kappa shape index (κ1) is 14.6. The average Bonchev–Trinajstić information content (AvgIpc) is 2.47. The van der Waals surface area contributed by atoms with Gasteiger partial charge in [0, 0.05) is 17.2 Å². The lowest BCUT2D eigenvalue weighted by Gasteiger charge is -2.11. The highest BCUT2D eigenvalue weighted by molar-refractivity contribution is 7.99. The number of sulfonamides is 1. The van der Waals surface area contributed by atoms with Gasteiger partial charge in [0.05, 0.1) is 10.6 Å². The molecule has 0 bridgehead atoms. The molecule has 20 heavy (non-hydrogen) atoms. The Balaban J connectivity index is 2.35. The summed E-state index contributed by atoms with van der Waals surface area (Å²) in [7, 11) is -3.68. The van der Waals surface area contributed by atoms with Crippen LogP contribution in [0.2, 0.25) is 0 Å². The van der Waals surface area contributed by atoms with Gasteiger partial charge in [0.2, 0.25) is 0 Å². The zero-order valence-corrected chi connectivity index (χ0v) is 12.3. The van der Waals surface area contributed by atoms with E-state index in [2.05, 4.69) is 15.1 Å². The maximum absolute atomic E-state index is 12.3. The highest BCUT2D eigenvalue weighted by Gasteiger charge is 2.16. The van der Waals surface area contributed by atoms with E-state index in [9.17, 15) is 8.42 Å². The van der Waals surface area contributed by atoms with Gasteiger partial charge in [-0.15, -0.1) is 11.8 Å². The van der Waals surface area contributed by atoms with E-state index < -0.39 is 10.0 Å². The topological polar surface area (TPSA) is 97.1 Å². The predicted molar refractivity (Wildman–Crippen MR) is 81.1 cm³/mol. The van der Waals surface area contributed by atoms with Crippen LogP contribution in [-0.2, 0) is 10.0 Å². The molecule has 8 heteroatoms. The zero-order chi connectivity index (χ0) is 14.6. The fourth-order valence-electron chi connectivity index (χ4n) is 1.59. The van der Waals surface area contributed by atoms with Crippen molar-refractivity contribution >= 4 is 33.3 Å². The van der Waals surface area contributed by atoms with E-state index in [0.717, 1.165) is 4.90 Å². The van der Waals surface area contributed by atoms with Crippen molar-refractivity contribution in [3.63, 3.8) is 0 Å². The van der Waals surface area contributed by atoms with Gasteiger partial charge in [0.25, 0.3) is 10.0 Å². The van der Waals surface area contributed by atoms with E-state index in [0.29, 0.717) is 5.69 Å². The summed E-state index contributed by atoms with van der Waals surface area (Å²) in [6, 6.07) is 9.97. The highest BCUT2D eigenvalue weighted by atomic mass is 32.2. The van der Waals surface area contributed by atoms with Crippen molar-refractivity contribution in [2.24, 2.45) is 5.84 Å². The normalized spacial score (nSPS) is 11.1. The number of pyridine rings is 1. The Morgan fingerprint density at radius 2 is 2.00 bits per heavy atom. The summed E-state index contributed by atoms with van der Waals surface area (Å²) in [5.41, 5.74) is 2.86. The van der Waals surface area contributed by atoms with Crippen LogP contribution in [0.25, 0.3) is 0 Å². The second-order valence-corrected chi connectivity index (χ2v) is 6.36. The molecule has 1 aromatic carbocycles. The minimum absolute atomic E-state index is 0.0938. The van der Waals surface area contributed by atoms with Crippen LogP contribution in [0, 0.1) is 0 Å². The van der Waals surface area contributed by atoms with Crippen molar-refractivity contribution in [3.8, 4) is 0 Å². The first-order valence-electron chi connectivity index (χ1n) is 5.65. The molecule has 1 aromatic heterocycles. The van der Waals surface area contributed by atoms with Crippen LogP contribution < -0.4 is 16.0 Å². The SMILES string of the molecule is CSc1ccccc1NS(=O)(=O)c1ccnc(NN)c1. The van der Waals surface area contributed by atoms with Crippen molar-refractivity contribution in [2.45, 2.75) is 9.79 Å². The summed E-state index contributed by atoms with van der Waals surface area (Å²) in [4.78, 5) is 4.82. The number of benzene rings is 1. The van der Waals surface area contributed by atoms with Crippen molar-refractivity contribution in [1.82, 2.24) is 4.98 Å². The van der Waals surface area contributed by atoms with Gasteiger partial charge in [-0.3, -0.25) is 4.72 Å². The number of thioether (sulfide) groups is 1. The molecule has 0 radical (unpaired) electrons. The zero-order valence-electron chi connectivity index (χ0n) is 10.7. The number of nitrogens with zero attached hydrogens (tertiary/aromatic N) is 1. The van der Waals surface area contributed by atoms with Gasteiger partial charge in [-0.25, -0.2) is 19.2 Å². The molecule has 2 rings (SSSR count). The molecule has 0 spiro atoms. The van der Waals surface area contributed by atoms with Gasteiger partial charge in [-0.1, -0.05) is 12.1 Å². The number of aromatic nitrogens is 1. The molecule has 0 fully saturated rings. The molecule has 0 saturated carbocycles. The molecule has 0 amide bonds. The fraction of sp³-hybridized carbons (Fsp3) is 0.0833. The van der Waals surface area contributed by atoms with Crippen molar-refractivity contribution in [2.75, 3.05) is 16.4 Å². The second-order valence-electron chi connectivity index (χ2n) is 3.83. The van der Waals surface area contributed by atoms with Gasteiger partial charge >= 0.3 is 0 Å². The van der Waals surface area contributed by atoms with Gasteiger partial charge in [0.1, 0.15) is 5.82 Å². The van der Waals surface area contributed by atoms with E-state index in [1.165, 1.54) is 30.1 Å². The largest absolute Gasteiger partial charge is 0.308 e. The Bertz CT molecular complexity index is 704. The summed E-state index contributed by atoms with van der Waals surface area (Å²) in [5.74, 6) is 5.51. The summed E-state index contributed by atoms with van der Waals surface area (Å²) in [6.45, 7) is 0. The Labute approximate surface area is 121 Å². The number of nitrogen functional groups attached to an aromatic ring is 1.